The second kappa shape index (κ2) is 8.64. The highest BCUT2D eigenvalue weighted by molar-refractivity contribution is 7.71. The number of amides is 1. The lowest BCUT2D eigenvalue weighted by atomic mass is 10.2. The monoisotopic (exact) mass is 436 g/mol. The standard InChI is InChI=1S/C22H20N4O2S2/c1-14-9-11-16(12-10-14)28-18-7-4-3-6-17(18)23-21(27)15(2)26-20(24-25-22(26)29)19-8-5-13-30-19/h3-13,15H,1-2H3,(H,23,27)(H,25,29). The Hall–Kier alpha value is -3.23. The number of para-hydroxylation sites is 2. The third-order valence-corrected chi connectivity index (χ3v) is 5.76. The first-order valence-electron chi connectivity index (χ1n) is 9.38. The molecular formula is C22H20N4O2S2. The highest BCUT2D eigenvalue weighted by Gasteiger charge is 2.22. The molecule has 4 rings (SSSR count). The molecule has 6 nitrogen and oxygen atoms in total. The second-order valence-electron chi connectivity index (χ2n) is 6.78. The zero-order valence-corrected chi connectivity index (χ0v) is 18.1. The maximum Gasteiger partial charge on any atom is 0.247 e. The van der Waals surface area contributed by atoms with E-state index in [1.807, 2.05) is 73.0 Å². The molecule has 152 valence electrons. The van der Waals surface area contributed by atoms with Crippen molar-refractivity contribution >= 4 is 35.1 Å². The second-order valence-corrected chi connectivity index (χ2v) is 8.11. The molecule has 2 heterocycles. The SMILES string of the molecule is Cc1ccc(Oc2ccccc2NC(=O)C(C)n2c(-c3cccs3)n[nH]c2=S)cc1. The van der Waals surface area contributed by atoms with Crippen LogP contribution in [0.5, 0.6) is 11.5 Å². The summed E-state index contributed by atoms with van der Waals surface area (Å²) in [5.74, 6) is 1.69. The first-order chi connectivity index (χ1) is 14.5. The first-order valence-corrected chi connectivity index (χ1v) is 10.7. The van der Waals surface area contributed by atoms with E-state index in [-0.39, 0.29) is 5.91 Å². The van der Waals surface area contributed by atoms with Crippen LogP contribution < -0.4 is 10.1 Å². The summed E-state index contributed by atoms with van der Waals surface area (Å²) in [4.78, 5) is 14.0. The van der Waals surface area contributed by atoms with Crippen LogP contribution in [0.2, 0.25) is 0 Å². The van der Waals surface area contributed by atoms with Gasteiger partial charge in [0.25, 0.3) is 0 Å². The van der Waals surface area contributed by atoms with Gasteiger partial charge in [-0.15, -0.1) is 11.3 Å². The van der Waals surface area contributed by atoms with Gasteiger partial charge < -0.3 is 10.1 Å². The highest BCUT2D eigenvalue weighted by atomic mass is 32.1. The van der Waals surface area contributed by atoms with Crippen molar-refractivity contribution in [3.8, 4) is 22.2 Å². The summed E-state index contributed by atoms with van der Waals surface area (Å²) in [6.45, 7) is 3.81. The number of rotatable bonds is 6. The molecule has 0 aliphatic carbocycles. The van der Waals surface area contributed by atoms with Crippen LogP contribution in [0.4, 0.5) is 5.69 Å². The number of nitrogens with one attached hydrogen (secondary N) is 2. The normalized spacial score (nSPS) is 11.8. The van der Waals surface area contributed by atoms with Crippen LogP contribution in [-0.4, -0.2) is 20.7 Å². The van der Waals surface area contributed by atoms with Crippen LogP contribution in [0.15, 0.2) is 66.0 Å². The largest absolute Gasteiger partial charge is 0.455 e. The summed E-state index contributed by atoms with van der Waals surface area (Å²) in [7, 11) is 0. The average molecular weight is 437 g/mol. The number of hydrogen-bond donors (Lipinski definition) is 2. The van der Waals surface area contributed by atoms with Crippen molar-refractivity contribution in [3.05, 3.63) is 76.4 Å². The number of benzene rings is 2. The molecule has 0 radical (unpaired) electrons. The fourth-order valence-corrected chi connectivity index (χ4v) is 3.99. The van der Waals surface area contributed by atoms with Crippen molar-refractivity contribution in [2.24, 2.45) is 0 Å². The van der Waals surface area contributed by atoms with Crippen molar-refractivity contribution in [1.29, 1.82) is 0 Å². The minimum absolute atomic E-state index is 0.217. The van der Waals surface area contributed by atoms with Crippen molar-refractivity contribution in [3.63, 3.8) is 0 Å². The van der Waals surface area contributed by atoms with E-state index in [0.717, 1.165) is 10.4 Å². The maximum absolute atomic E-state index is 13.1. The van der Waals surface area contributed by atoms with Gasteiger partial charge in [-0.1, -0.05) is 35.9 Å². The van der Waals surface area contributed by atoms with E-state index in [9.17, 15) is 4.79 Å². The molecule has 1 amide bonds. The molecular weight excluding hydrogens is 416 g/mol. The summed E-state index contributed by atoms with van der Waals surface area (Å²) < 4.78 is 8.10. The van der Waals surface area contributed by atoms with Gasteiger partial charge in [0.15, 0.2) is 16.3 Å². The molecule has 4 aromatic rings. The molecule has 1 unspecified atom stereocenters. The van der Waals surface area contributed by atoms with Gasteiger partial charge in [0, 0.05) is 0 Å². The average Bonchev–Trinajstić information content (AvgIpc) is 3.40. The predicted molar refractivity (Wildman–Crippen MR) is 122 cm³/mol. The number of carbonyl (C=O) groups excluding carboxylic acids is 1. The molecule has 0 spiro atoms. The Bertz CT molecular complexity index is 1210. The minimum atomic E-state index is -0.569. The molecule has 1 atom stereocenters. The zero-order valence-electron chi connectivity index (χ0n) is 16.5. The Labute approximate surface area is 183 Å². The van der Waals surface area contributed by atoms with Gasteiger partial charge in [-0.2, -0.15) is 5.10 Å². The molecule has 2 aromatic carbocycles. The van der Waals surface area contributed by atoms with Crippen molar-refractivity contribution < 1.29 is 9.53 Å². The van der Waals surface area contributed by atoms with Crippen molar-refractivity contribution in [2.75, 3.05) is 5.32 Å². The van der Waals surface area contributed by atoms with Crippen LogP contribution in [0.1, 0.15) is 18.5 Å². The summed E-state index contributed by atoms with van der Waals surface area (Å²) in [5, 5.41) is 12.0. The van der Waals surface area contributed by atoms with E-state index in [4.69, 9.17) is 17.0 Å². The van der Waals surface area contributed by atoms with E-state index in [1.54, 1.807) is 11.5 Å². The van der Waals surface area contributed by atoms with Crippen LogP contribution in [0, 0.1) is 11.7 Å². The lowest BCUT2D eigenvalue weighted by Gasteiger charge is -2.17. The Morgan fingerprint density at radius 1 is 1.17 bits per heavy atom. The quantitative estimate of drug-likeness (QED) is 0.365. The van der Waals surface area contributed by atoms with Gasteiger partial charge in [-0.05, 0) is 61.8 Å². The number of hydrogen-bond acceptors (Lipinski definition) is 5. The van der Waals surface area contributed by atoms with E-state index < -0.39 is 6.04 Å². The lowest BCUT2D eigenvalue weighted by Crippen LogP contribution is -2.24. The molecule has 2 aromatic heterocycles. The topological polar surface area (TPSA) is 71.9 Å². The number of nitrogens with zero attached hydrogens (tertiary/aromatic N) is 2. The molecule has 8 heteroatoms. The number of thiophene rings is 1. The van der Waals surface area contributed by atoms with E-state index in [0.29, 0.717) is 27.8 Å². The number of anilines is 1. The molecule has 0 aliphatic heterocycles. The Kier molecular flexibility index (Phi) is 5.78. The van der Waals surface area contributed by atoms with E-state index >= 15 is 0 Å². The Balaban J connectivity index is 1.57. The van der Waals surface area contributed by atoms with Crippen molar-refractivity contribution in [2.45, 2.75) is 19.9 Å². The van der Waals surface area contributed by atoms with Crippen LogP contribution in [0.3, 0.4) is 0 Å². The van der Waals surface area contributed by atoms with Crippen LogP contribution in [-0.2, 0) is 4.79 Å². The van der Waals surface area contributed by atoms with E-state index in [2.05, 4.69) is 15.5 Å². The van der Waals surface area contributed by atoms with Gasteiger partial charge in [0.1, 0.15) is 11.8 Å². The van der Waals surface area contributed by atoms with Gasteiger partial charge in [0.05, 0.1) is 10.6 Å². The minimum Gasteiger partial charge on any atom is -0.455 e. The smallest absolute Gasteiger partial charge is 0.247 e. The van der Waals surface area contributed by atoms with Crippen LogP contribution in [0.25, 0.3) is 10.7 Å². The molecule has 0 fully saturated rings. The number of H-pyrrole nitrogens is 1. The molecule has 0 saturated heterocycles. The molecule has 0 saturated carbocycles. The van der Waals surface area contributed by atoms with E-state index in [1.165, 1.54) is 11.3 Å². The number of aromatic nitrogens is 3. The summed E-state index contributed by atoms with van der Waals surface area (Å²) in [5.41, 5.74) is 1.73. The van der Waals surface area contributed by atoms with Gasteiger partial charge in [0.2, 0.25) is 5.91 Å². The first kappa shape index (κ1) is 20.1. The van der Waals surface area contributed by atoms with Gasteiger partial charge in [-0.25, -0.2) is 0 Å². The number of aryl methyl sites for hydroxylation is 1. The van der Waals surface area contributed by atoms with Gasteiger partial charge in [-0.3, -0.25) is 14.5 Å². The number of aromatic amines is 1. The highest BCUT2D eigenvalue weighted by Crippen LogP contribution is 2.31. The number of carbonyl (C=O) groups is 1. The Morgan fingerprint density at radius 2 is 1.93 bits per heavy atom. The van der Waals surface area contributed by atoms with Crippen molar-refractivity contribution in [1.82, 2.24) is 14.8 Å². The van der Waals surface area contributed by atoms with Gasteiger partial charge >= 0.3 is 0 Å². The third kappa shape index (κ3) is 4.19. The molecule has 0 bridgehead atoms. The van der Waals surface area contributed by atoms with Crippen LogP contribution >= 0.6 is 23.6 Å². The fourth-order valence-electron chi connectivity index (χ4n) is 2.99. The fraction of sp³-hybridized carbons (Fsp3) is 0.136. The zero-order chi connectivity index (χ0) is 21.1. The molecule has 30 heavy (non-hydrogen) atoms. The summed E-state index contributed by atoms with van der Waals surface area (Å²) in [6.07, 6.45) is 0. The third-order valence-electron chi connectivity index (χ3n) is 4.61. The Morgan fingerprint density at radius 3 is 2.67 bits per heavy atom. The summed E-state index contributed by atoms with van der Waals surface area (Å²) in [6, 6.07) is 18.4. The number of ether oxygens (including phenoxy) is 1. The molecule has 0 aliphatic rings. The summed E-state index contributed by atoms with van der Waals surface area (Å²) >= 11 is 6.91. The molecule has 2 N–H and O–H groups in total. The lowest BCUT2D eigenvalue weighted by molar-refractivity contribution is -0.118. The maximum atomic E-state index is 13.1. The predicted octanol–water partition coefficient (Wildman–Crippen LogP) is 5.97.